The molecule has 188 valence electrons. The molecule has 0 aromatic heterocycles. The van der Waals surface area contributed by atoms with Crippen molar-refractivity contribution in [1.29, 1.82) is 0 Å². The van der Waals surface area contributed by atoms with Gasteiger partial charge in [0.15, 0.2) is 0 Å². The maximum atomic E-state index is 15.1. The summed E-state index contributed by atoms with van der Waals surface area (Å²) in [7, 11) is -0.845. The number of amides is 1. The Balaban J connectivity index is 1.52. The number of hydrogen-bond acceptors (Lipinski definition) is 6. The van der Waals surface area contributed by atoms with Gasteiger partial charge < -0.3 is 18.9 Å². The number of benzene rings is 1. The van der Waals surface area contributed by atoms with E-state index in [0.29, 0.717) is 23.3 Å². The summed E-state index contributed by atoms with van der Waals surface area (Å²) in [6, 6.07) is 2.74. The van der Waals surface area contributed by atoms with Gasteiger partial charge in [0, 0.05) is 24.9 Å². The quantitative estimate of drug-likeness (QED) is 0.448. The van der Waals surface area contributed by atoms with E-state index < -0.39 is 30.1 Å². The number of ether oxygens (including phenoxy) is 1. The van der Waals surface area contributed by atoms with Crippen LogP contribution in [0.1, 0.15) is 72.3 Å². The van der Waals surface area contributed by atoms with Crippen LogP contribution in [0.5, 0.6) is 0 Å². The van der Waals surface area contributed by atoms with E-state index in [-0.39, 0.29) is 23.7 Å². The first-order valence-corrected chi connectivity index (χ1v) is 13.4. The van der Waals surface area contributed by atoms with Gasteiger partial charge in [-0.25, -0.2) is 4.39 Å². The highest BCUT2D eigenvalue weighted by Crippen LogP contribution is 2.52. The standard InChI is InChI=1S/C26H33BFNO5S/c1-15(30)32-14-19-20(27-33-25(2,3)26(4,5)34-27)12-16(28)13-21(19)29-11-10-18-17-8-6-7-9-22(17)35-23(18)24(29)31/h12-13,18,23H,6-11,14H2,1-5H3. The molecule has 1 aromatic carbocycles. The summed E-state index contributed by atoms with van der Waals surface area (Å²) in [6.07, 6.45) is 5.35. The van der Waals surface area contributed by atoms with Crippen molar-refractivity contribution in [3.8, 4) is 0 Å². The molecular weight excluding hydrogens is 468 g/mol. The lowest BCUT2D eigenvalue weighted by molar-refractivity contribution is -0.142. The van der Waals surface area contributed by atoms with E-state index in [9.17, 15) is 9.59 Å². The highest BCUT2D eigenvalue weighted by molar-refractivity contribution is 8.04. The van der Waals surface area contributed by atoms with E-state index in [1.54, 1.807) is 16.7 Å². The normalized spacial score (nSPS) is 27.2. The van der Waals surface area contributed by atoms with Crippen LogP contribution >= 0.6 is 11.8 Å². The zero-order valence-electron chi connectivity index (χ0n) is 21.1. The number of carbonyl (C=O) groups is 2. The number of allylic oxidation sites excluding steroid dienone is 2. The Kier molecular flexibility index (Phi) is 6.33. The zero-order chi connectivity index (χ0) is 25.1. The number of piperidine rings is 1. The van der Waals surface area contributed by atoms with Gasteiger partial charge in [-0.15, -0.1) is 11.8 Å². The van der Waals surface area contributed by atoms with Crippen LogP contribution in [-0.4, -0.2) is 42.0 Å². The molecule has 4 aliphatic rings. The first-order valence-electron chi connectivity index (χ1n) is 12.5. The molecule has 0 radical (unpaired) electrons. The first kappa shape index (κ1) is 24.8. The molecule has 5 rings (SSSR count). The third kappa shape index (κ3) is 4.34. The molecule has 0 N–H and O–H groups in total. The largest absolute Gasteiger partial charge is 0.495 e. The van der Waals surface area contributed by atoms with Gasteiger partial charge in [0.05, 0.1) is 22.1 Å². The molecular formula is C26H33BFNO5S. The molecule has 1 aliphatic carbocycles. The van der Waals surface area contributed by atoms with Crippen molar-refractivity contribution in [1.82, 2.24) is 0 Å². The average molecular weight is 501 g/mol. The number of nitrogens with zero attached hydrogens (tertiary/aromatic N) is 1. The smallest absolute Gasteiger partial charge is 0.461 e. The third-order valence-corrected chi connectivity index (χ3v) is 9.69. The predicted molar refractivity (Wildman–Crippen MR) is 135 cm³/mol. The van der Waals surface area contributed by atoms with E-state index in [4.69, 9.17) is 14.0 Å². The molecule has 3 heterocycles. The number of rotatable bonds is 4. The van der Waals surface area contributed by atoms with Gasteiger partial charge in [-0.3, -0.25) is 9.59 Å². The lowest BCUT2D eigenvalue weighted by atomic mass is 9.75. The lowest BCUT2D eigenvalue weighted by Crippen LogP contribution is -2.48. The minimum Gasteiger partial charge on any atom is -0.461 e. The van der Waals surface area contributed by atoms with Crippen molar-refractivity contribution in [2.45, 2.75) is 89.8 Å². The van der Waals surface area contributed by atoms with E-state index in [1.807, 2.05) is 27.7 Å². The molecule has 3 aliphatic heterocycles. The highest BCUT2D eigenvalue weighted by Gasteiger charge is 2.53. The van der Waals surface area contributed by atoms with Crippen molar-refractivity contribution in [2.75, 3.05) is 11.4 Å². The SMILES string of the molecule is CC(=O)OCc1c(B2OC(C)(C)C(C)(C)O2)cc(F)cc1N1CCC2C3=C(CCCC3)SC2C1=O. The van der Waals surface area contributed by atoms with Crippen molar-refractivity contribution >= 4 is 41.9 Å². The van der Waals surface area contributed by atoms with Crippen molar-refractivity contribution < 1.29 is 28.0 Å². The van der Waals surface area contributed by atoms with Crippen LogP contribution in [0, 0.1) is 11.7 Å². The van der Waals surface area contributed by atoms with Crippen molar-refractivity contribution in [2.24, 2.45) is 5.92 Å². The Bertz CT molecular complexity index is 1090. The van der Waals surface area contributed by atoms with Crippen LogP contribution < -0.4 is 10.4 Å². The van der Waals surface area contributed by atoms with Gasteiger partial charge in [-0.1, -0.05) is 5.57 Å². The summed E-state index contributed by atoms with van der Waals surface area (Å²) in [6.45, 7) is 9.46. The van der Waals surface area contributed by atoms with Gasteiger partial charge >= 0.3 is 13.1 Å². The van der Waals surface area contributed by atoms with Gasteiger partial charge in [-0.2, -0.15) is 0 Å². The molecule has 9 heteroatoms. The summed E-state index contributed by atoms with van der Waals surface area (Å²) in [4.78, 5) is 28.6. The summed E-state index contributed by atoms with van der Waals surface area (Å²) < 4.78 is 32.9. The molecule has 35 heavy (non-hydrogen) atoms. The van der Waals surface area contributed by atoms with E-state index >= 15 is 4.39 Å². The number of anilines is 1. The molecule has 1 aromatic rings. The van der Waals surface area contributed by atoms with Gasteiger partial charge in [-0.05, 0) is 82.3 Å². The van der Waals surface area contributed by atoms with Crippen molar-refractivity contribution in [3.05, 3.63) is 34.0 Å². The lowest BCUT2D eigenvalue weighted by Gasteiger charge is -2.36. The number of hydrogen-bond donors (Lipinski definition) is 0. The minimum atomic E-state index is -0.845. The topological polar surface area (TPSA) is 65.1 Å². The monoisotopic (exact) mass is 501 g/mol. The Hall–Kier alpha value is -1.84. The Morgan fingerprint density at radius 3 is 2.57 bits per heavy atom. The molecule has 2 fully saturated rings. The Morgan fingerprint density at radius 1 is 1.20 bits per heavy atom. The highest BCUT2D eigenvalue weighted by atomic mass is 32.2. The minimum absolute atomic E-state index is 0.00445. The molecule has 2 atom stereocenters. The number of fused-ring (bicyclic) bond motifs is 2. The number of halogens is 1. The van der Waals surface area contributed by atoms with E-state index in [0.717, 1.165) is 19.3 Å². The van der Waals surface area contributed by atoms with E-state index in [1.165, 1.54) is 42.4 Å². The average Bonchev–Trinajstić information content (AvgIpc) is 3.26. The summed E-state index contributed by atoms with van der Waals surface area (Å²) in [5.74, 6) is -0.668. The summed E-state index contributed by atoms with van der Waals surface area (Å²) in [5.41, 5.74) is 1.66. The maximum Gasteiger partial charge on any atom is 0.495 e. The molecule has 6 nitrogen and oxygen atoms in total. The summed E-state index contributed by atoms with van der Waals surface area (Å²) in [5, 5.41) is -0.169. The molecule has 0 spiro atoms. The Morgan fingerprint density at radius 2 is 1.89 bits per heavy atom. The van der Waals surface area contributed by atoms with Crippen LogP contribution in [0.3, 0.4) is 0 Å². The number of carbonyl (C=O) groups excluding carboxylic acids is 2. The Labute approximate surface area is 211 Å². The molecule has 0 bridgehead atoms. The van der Waals surface area contributed by atoms with Crippen LogP contribution in [0.2, 0.25) is 0 Å². The molecule has 1 amide bonds. The first-order chi connectivity index (χ1) is 16.5. The van der Waals surface area contributed by atoms with Gasteiger partial charge in [0.1, 0.15) is 12.4 Å². The van der Waals surface area contributed by atoms with Crippen LogP contribution in [0.15, 0.2) is 22.6 Å². The van der Waals surface area contributed by atoms with Crippen molar-refractivity contribution in [3.63, 3.8) is 0 Å². The number of thioether (sulfide) groups is 1. The second-order valence-corrected chi connectivity index (χ2v) is 12.2. The van der Waals surface area contributed by atoms with Crippen LogP contribution in [0.4, 0.5) is 10.1 Å². The zero-order valence-corrected chi connectivity index (χ0v) is 21.9. The summed E-state index contributed by atoms with van der Waals surface area (Å²) >= 11 is 1.70. The van der Waals surface area contributed by atoms with Gasteiger partial charge in [0.2, 0.25) is 5.91 Å². The third-order valence-electron chi connectivity index (χ3n) is 8.16. The number of esters is 1. The molecule has 2 unspecified atom stereocenters. The fourth-order valence-corrected chi connectivity index (χ4v) is 7.23. The van der Waals surface area contributed by atoms with E-state index in [2.05, 4.69) is 0 Å². The predicted octanol–water partition coefficient (Wildman–Crippen LogP) is 4.48. The maximum absolute atomic E-state index is 15.1. The second kappa shape index (κ2) is 8.92. The van der Waals surface area contributed by atoms with Gasteiger partial charge in [0.25, 0.3) is 0 Å². The van der Waals surface area contributed by atoms with Crippen LogP contribution in [0.25, 0.3) is 0 Å². The fourth-order valence-electron chi connectivity index (χ4n) is 5.56. The second-order valence-electron chi connectivity index (χ2n) is 10.9. The fraction of sp³-hybridized carbons (Fsp3) is 0.615. The molecule has 0 saturated carbocycles. The molecule has 2 saturated heterocycles. The van der Waals surface area contributed by atoms with Crippen LogP contribution in [-0.2, 0) is 30.2 Å².